The van der Waals surface area contributed by atoms with Crippen LogP contribution in [0.5, 0.6) is 5.75 Å². The van der Waals surface area contributed by atoms with Gasteiger partial charge in [0.25, 0.3) is 0 Å². The second kappa shape index (κ2) is 6.97. The smallest absolute Gasteiger partial charge is 0.148 e. The van der Waals surface area contributed by atoms with Gasteiger partial charge in [-0.05, 0) is 24.6 Å². The van der Waals surface area contributed by atoms with Gasteiger partial charge in [-0.1, -0.05) is 17.7 Å². The summed E-state index contributed by atoms with van der Waals surface area (Å²) in [5.74, 6) is 0.899. The Balaban J connectivity index is 2.24. The van der Waals surface area contributed by atoms with E-state index >= 15 is 0 Å². The molecule has 4 nitrogen and oxygen atoms in total. The zero-order valence-electron chi connectivity index (χ0n) is 10.6. The first-order valence-corrected chi connectivity index (χ1v) is 8.10. The zero-order chi connectivity index (χ0) is 13.6. The van der Waals surface area contributed by atoms with Gasteiger partial charge in [0.2, 0.25) is 0 Å². The Hall–Kier alpha value is -0.780. The molecule has 0 atom stereocenters. The summed E-state index contributed by atoms with van der Waals surface area (Å²) in [4.78, 5) is 0. The van der Waals surface area contributed by atoms with Crippen LogP contribution in [-0.4, -0.2) is 40.1 Å². The van der Waals surface area contributed by atoms with E-state index in [1.54, 1.807) is 6.07 Å². The highest BCUT2D eigenvalue weighted by Gasteiger charge is 2.02. The second-order valence-corrected chi connectivity index (χ2v) is 6.83. The highest BCUT2D eigenvalue weighted by Crippen LogP contribution is 2.22. The van der Waals surface area contributed by atoms with Crippen molar-refractivity contribution < 1.29 is 13.2 Å². The van der Waals surface area contributed by atoms with Crippen molar-refractivity contribution in [1.82, 2.24) is 5.32 Å². The molecule has 0 saturated carbocycles. The molecule has 1 rings (SSSR count). The van der Waals surface area contributed by atoms with E-state index in [0.717, 1.165) is 11.3 Å². The molecule has 0 unspecified atom stereocenters. The van der Waals surface area contributed by atoms with Crippen LogP contribution in [0, 0.1) is 6.92 Å². The second-order valence-electron chi connectivity index (χ2n) is 4.14. The van der Waals surface area contributed by atoms with Gasteiger partial charge in [0.05, 0.1) is 5.75 Å². The Kier molecular flexibility index (Phi) is 5.91. The van der Waals surface area contributed by atoms with Gasteiger partial charge in [-0.15, -0.1) is 0 Å². The summed E-state index contributed by atoms with van der Waals surface area (Å²) in [6.07, 6.45) is 1.22. The first-order valence-electron chi connectivity index (χ1n) is 5.66. The molecule has 0 aliphatic carbocycles. The Morgan fingerprint density at radius 3 is 2.72 bits per heavy atom. The summed E-state index contributed by atoms with van der Waals surface area (Å²) >= 11 is 5.87. The summed E-state index contributed by atoms with van der Waals surface area (Å²) < 4.78 is 27.3. The van der Waals surface area contributed by atoms with E-state index in [4.69, 9.17) is 16.3 Å². The largest absolute Gasteiger partial charge is 0.492 e. The molecule has 1 aromatic carbocycles. The first-order chi connectivity index (χ1) is 8.38. The molecule has 6 heteroatoms. The van der Waals surface area contributed by atoms with E-state index in [9.17, 15) is 8.42 Å². The van der Waals surface area contributed by atoms with Gasteiger partial charge < -0.3 is 10.1 Å². The number of sulfone groups is 1. The topological polar surface area (TPSA) is 55.4 Å². The van der Waals surface area contributed by atoms with E-state index < -0.39 is 9.84 Å². The molecule has 18 heavy (non-hydrogen) atoms. The lowest BCUT2D eigenvalue weighted by Crippen LogP contribution is -2.26. The summed E-state index contributed by atoms with van der Waals surface area (Å²) in [5, 5.41) is 3.65. The summed E-state index contributed by atoms with van der Waals surface area (Å²) in [6.45, 7) is 3.46. The molecule has 0 spiro atoms. The molecule has 0 radical (unpaired) electrons. The van der Waals surface area contributed by atoms with Gasteiger partial charge >= 0.3 is 0 Å². The number of nitrogens with one attached hydrogen (secondary N) is 1. The third kappa shape index (κ3) is 6.23. The summed E-state index contributed by atoms with van der Waals surface area (Å²) in [6, 6.07) is 5.48. The van der Waals surface area contributed by atoms with Crippen molar-refractivity contribution in [3.8, 4) is 5.75 Å². The molecule has 0 amide bonds. The van der Waals surface area contributed by atoms with Gasteiger partial charge in [0, 0.05) is 24.4 Å². The number of rotatable bonds is 7. The minimum atomic E-state index is -2.90. The van der Waals surface area contributed by atoms with Gasteiger partial charge in [0.15, 0.2) is 0 Å². The maximum atomic E-state index is 10.9. The van der Waals surface area contributed by atoms with Crippen LogP contribution in [-0.2, 0) is 9.84 Å². The zero-order valence-corrected chi connectivity index (χ0v) is 12.1. The van der Waals surface area contributed by atoms with E-state index in [1.165, 1.54) is 6.26 Å². The predicted octanol–water partition coefficient (Wildman–Crippen LogP) is 1.66. The van der Waals surface area contributed by atoms with Crippen LogP contribution in [0.2, 0.25) is 5.02 Å². The molecule has 0 bridgehead atoms. The average Bonchev–Trinajstić information content (AvgIpc) is 2.26. The van der Waals surface area contributed by atoms with Crippen molar-refractivity contribution in [2.45, 2.75) is 6.92 Å². The van der Waals surface area contributed by atoms with Crippen LogP contribution >= 0.6 is 11.6 Å². The SMILES string of the molecule is Cc1ccc(Cl)cc1OCCNCCS(C)(=O)=O. The number of ether oxygens (including phenoxy) is 1. The Bertz CT molecular complexity index is 488. The van der Waals surface area contributed by atoms with Crippen LogP contribution in [0.4, 0.5) is 0 Å². The van der Waals surface area contributed by atoms with Gasteiger partial charge in [-0.2, -0.15) is 0 Å². The number of hydrogen-bond donors (Lipinski definition) is 1. The molecule has 0 fully saturated rings. The molecule has 0 aliphatic rings. The highest BCUT2D eigenvalue weighted by molar-refractivity contribution is 7.90. The minimum Gasteiger partial charge on any atom is -0.492 e. The first kappa shape index (κ1) is 15.3. The number of halogens is 1. The van der Waals surface area contributed by atoms with E-state index in [-0.39, 0.29) is 5.75 Å². The van der Waals surface area contributed by atoms with Crippen LogP contribution in [0.3, 0.4) is 0 Å². The Labute approximate surface area is 113 Å². The van der Waals surface area contributed by atoms with Gasteiger partial charge in [0.1, 0.15) is 22.2 Å². The van der Waals surface area contributed by atoms with Crippen molar-refractivity contribution in [3.05, 3.63) is 28.8 Å². The number of aryl methyl sites for hydroxylation is 1. The van der Waals surface area contributed by atoms with Crippen molar-refractivity contribution >= 4 is 21.4 Å². The predicted molar refractivity (Wildman–Crippen MR) is 74.3 cm³/mol. The molecule has 0 heterocycles. The lowest BCUT2D eigenvalue weighted by Gasteiger charge is -2.10. The third-order valence-electron chi connectivity index (χ3n) is 2.34. The lowest BCUT2D eigenvalue weighted by atomic mass is 10.2. The minimum absolute atomic E-state index is 0.142. The molecule has 0 saturated heterocycles. The standard InChI is InChI=1S/C12H18ClNO3S/c1-10-3-4-11(13)9-12(10)17-7-5-14-6-8-18(2,15)16/h3-4,9,14H,5-8H2,1-2H3. The van der Waals surface area contributed by atoms with Crippen LogP contribution in [0.1, 0.15) is 5.56 Å². The van der Waals surface area contributed by atoms with Crippen LogP contribution in [0.25, 0.3) is 0 Å². The quantitative estimate of drug-likeness (QED) is 0.776. The van der Waals surface area contributed by atoms with E-state index in [1.807, 2.05) is 19.1 Å². The monoisotopic (exact) mass is 291 g/mol. The molecule has 1 aromatic rings. The fourth-order valence-corrected chi connectivity index (χ4v) is 2.02. The summed E-state index contributed by atoms with van der Waals surface area (Å²) in [7, 11) is -2.90. The summed E-state index contributed by atoms with van der Waals surface area (Å²) in [5.41, 5.74) is 1.02. The molecule has 0 aliphatic heterocycles. The molecular weight excluding hydrogens is 274 g/mol. The molecule has 1 N–H and O–H groups in total. The van der Waals surface area contributed by atoms with Crippen molar-refractivity contribution in [2.24, 2.45) is 0 Å². The van der Waals surface area contributed by atoms with Crippen molar-refractivity contribution in [2.75, 3.05) is 31.7 Å². The molecular formula is C12H18ClNO3S. The third-order valence-corrected chi connectivity index (χ3v) is 3.52. The fourth-order valence-electron chi connectivity index (χ4n) is 1.35. The molecule has 0 aromatic heterocycles. The normalized spacial score (nSPS) is 11.5. The lowest BCUT2D eigenvalue weighted by molar-refractivity contribution is 0.313. The maximum absolute atomic E-state index is 10.9. The highest BCUT2D eigenvalue weighted by atomic mass is 35.5. The van der Waals surface area contributed by atoms with Crippen LogP contribution < -0.4 is 10.1 Å². The Morgan fingerprint density at radius 2 is 2.06 bits per heavy atom. The fraction of sp³-hybridized carbons (Fsp3) is 0.500. The Morgan fingerprint density at radius 1 is 1.33 bits per heavy atom. The van der Waals surface area contributed by atoms with Crippen molar-refractivity contribution in [1.29, 1.82) is 0 Å². The van der Waals surface area contributed by atoms with Gasteiger partial charge in [-0.3, -0.25) is 0 Å². The van der Waals surface area contributed by atoms with Gasteiger partial charge in [-0.25, -0.2) is 8.42 Å². The molecule has 102 valence electrons. The number of hydrogen-bond acceptors (Lipinski definition) is 4. The maximum Gasteiger partial charge on any atom is 0.148 e. The van der Waals surface area contributed by atoms with E-state index in [0.29, 0.717) is 24.7 Å². The average molecular weight is 292 g/mol. The van der Waals surface area contributed by atoms with Crippen molar-refractivity contribution in [3.63, 3.8) is 0 Å². The van der Waals surface area contributed by atoms with E-state index in [2.05, 4.69) is 5.32 Å². The van der Waals surface area contributed by atoms with Crippen LogP contribution in [0.15, 0.2) is 18.2 Å². The number of benzene rings is 1.